The fraction of sp³-hybridized carbons (Fsp3) is 1.00. The second-order valence-corrected chi connectivity index (χ2v) is 21.3. The molecule has 4 unspecified atom stereocenters. The van der Waals surface area contributed by atoms with E-state index in [0.717, 1.165) is 50.0 Å². The molecule has 0 aliphatic heterocycles. The number of phosphoric acid groups is 4. The van der Waals surface area contributed by atoms with E-state index in [9.17, 15) is 37.8 Å². The predicted octanol–water partition coefficient (Wildman–Crippen LogP) is 5.59. The van der Waals surface area contributed by atoms with Crippen molar-refractivity contribution in [3.8, 4) is 0 Å². The first-order valence-corrected chi connectivity index (χ1v) is 24.0. The summed E-state index contributed by atoms with van der Waals surface area (Å²) in [4.78, 5) is 46.8. The number of unbranched alkanes of at least 4 members (excludes halogenated alkanes) is 6. The maximum absolute atomic E-state index is 11.8. The smallest absolute Gasteiger partial charge is 0.267 e. The van der Waals surface area contributed by atoms with E-state index in [4.69, 9.17) is 18.1 Å². The number of hydrogen-bond acceptors (Lipinski definition) is 18. The van der Waals surface area contributed by atoms with Crippen molar-refractivity contribution >= 4 is 52.9 Å². The summed E-state index contributed by atoms with van der Waals surface area (Å²) in [5, 5.41) is 0. The Bertz CT molecular complexity index is 960. The standard InChI is InChI=1S/C26H58O16P4S2/c1-25(2,3)23-41-45(31,32)39-19-17-37-43(27,28)35-15-11-7-9-13-21-47-48-22-14-10-8-12-16-36-44(29,30)38-18-20-40-46(33,34)42-24-26(4,5)6/h7-24H2,1-6H3,(H,27,28)(H,29,30)(H,31,32)(H,33,34)/p-4. The predicted molar refractivity (Wildman–Crippen MR) is 179 cm³/mol. The van der Waals surface area contributed by atoms with Crippen LogP contribution < -0.4 is 19.6 Å². The van der Waals surface area contributed by atoms with Gasteiger partial charge >= 0.3 is 0 Å². The largest absolute Gasteiger partial charge is 0.756 e. The third-order valence-electron chi connectivity index (χ3n) is 5.30. The first-order valence-electron chi connectivity index (χ1n) is 15.7. The molecule has 0 saturated heterocycles. The normalized spacial score (nSPS) is 17.8. The maximum atomic E-state index is 11.8. The van der Waals surface area contributed by atoms with Crippen LogP contribution in [-0.2, 0) is 54.5 Å². The minimum Gasteiger partial charge on any atom is -0.756 e. The van der Waals surface area contributed by atoms with Gasteiger partial charge in [0.25, 0.3) is 31.3 Å². The lowest BCUT2D eigenvalue weighted by Crippen LogP contribution is -2.19. The van der Waals surface area contributed by atoms with E-state index < -0.39 is 57.7 Å². The van der Waals surface area contributed by atoms with Crippen LogP contribution in [0, 0.1) is 10.8 Å². The van der Waals surface area contributed by atoms with Crippen molar-refractivity contribution in [1.82, 2.24) is 0 Å². The molecule has 0 aliphatic rings. The average molecular weight is 811 g/mol. The fourth-order valence-corrected chi connectivity index (χ4v) is 8.58. The van der Waals surface area contributed by atoms with E-state index in [2.05, 4.69) is 18.1 Å². The van der Waals surface area contributed by atoms with Crippen LogP contribution in [0.15, 0.2) is 0 Å². The van der Waals surface area contributed by atoms with Crippen LogP contribution in [0.5, 0.6) is 0 Å². The van der Waals surface area contributed by atoms with E-state index in [1.165, 1.54) is 0 Å². The molecule has 290 valence electrons. The SMILES string of the molecule is CC(C)(C)COP(=O)([O-])OCCOP(=O)([O-])OCCCCCCSSCCCCCCOP(=O)([O-])OCCOP(=O)([O-])OCC(C)(C)C. The highest BCUT2D eigenvalue weighted by Crippen LogP contribution is 2.43. The van der Waals surface area contributed by atoms with E-state index in [-0.39, 0.29) is 37.3 Å². The Morgan fingerprint density at radius 3 is 0.938 bits per heavy atom. The minimum absolute atomic E-state index is 0.0296. The second kappa shape index (κ2) is 25.2. The fourth-order valence-electron chi connectivity index (χ4n) is 2.99. The molecule has 0 amide bonds. The maximum Gasteiger partial charge on any atom is 0.267 e. The Kier molecular flexibility index (Phi) is 25.8. The van der Waals surface area contributed by atoms with Crippen LogP contribution in [-0.4, -0.2) is 64.4 Å². The van der Waals surface area contributed by atoms with Crippen LogP contribution in [0.25, 0.3) is 0 Å². The molecular weight excluding hydrogens is 756 g/mol. The molecule has 0 fully saturated rings. The van der Waals surface area contributed by atoms with Gasteiger partial charge in [-0.15, -0.1) is 0 Å². The lowest BCUT2D eigenvalue weighted by atomic mass is 9.99. The van der Waals surface area contributed by atoms with Crippen LogP contribution in [0.4, 0.5) is 0 Å². The average Bonchev–Trinajstić information content (AvgIpc) is 2.95. The third kappa shape index (κ3) is 34.2. The van der Waals surface area contributed by atoms with Gasteiger partial charge in [0.15, 0.2) is 0 Å². The lowest BCUT2D eigenvalue weighted by molar-refractivity contribution is -0.234. The number of rotatable bonds is 31. The van der Waals surface area contributed by atoms with Gasteiger partial charge in [0.05, 0.1) is 52.9 Å². The van der Waals surface area contributed by atoms with Crippen LogP contribution in [0.3, 0.4) is 0 Å². The van der Waals surface area contributed by atoms with Crippen LogP contribution >= 0.6 is 52.9 Å². The Labute approximate surface area is 294 Å². The topological polar surface area (TPSA) is 234 Å². The molecular formula is C26H54O16P4S2-4. The molecule has 0 spiro atoms. The molecule has 48 heavy (non-hydrogen) atoms. The molecule has 0 aromatic heterocycles. The molecule has 0 rings (SSSR count). The van der Waals surface area contributed by atoms with Gasteiger partial charge in [-0.2, -0.15) is 0 Å². The summed E-state index contributed by atoms with van der Waals surface area (Å²) < 4.78 is 84.2. The lowest BCUT2D eigenvalue weighted by Gasteiger charge is -2.28. The summed E-state index contributed by atoms with van der Waals surface area (Å²) in [5.41, 5.74) is -0.764. The van der Waals surface area contributed by atoms with E-state index in [1.54, 1.807) is 63.1 Å². The van der Waals surface area contributed by atoms with Gasteiger partial charge in [0, 0.05) is 11.5 Å². The van der Waals surface area contributed by atoms with Crippen molar-refractivity contribution in [3.05, 3.63) is 0 Å². The Balaban J connectivity index is 3.63. The first kappa shape index (κ1) is 49.1. The summed E-state index contributed by atoms with van der Waals surface area (Å²) >= 11 is 0. The number of phosphoric ester groups is 4. The summed E-state index contributed by atoms with van der Waals surface area (Å²) in [6, 6.07) is 0. The molecule has 4 atom stereocenters. The van der Waals surface area contributed by atoms with Gasteiger partial charge in [0.1, 0.15) is 0 Å². The molecule has 0 heterocycles. The van der Waals surface area contributed by atoms with Gasteiger partial charge in [-0.1, -0.05) is 88.8 Å². The van der Waals surface area contributed by atoms with Crippen molar-refractivity contribution in [1.29, 1.82) is 0 Å². The molecule has 0 N–H and O–H groups in total. The molecule has 0 radical (unpaired) electrons. The first-order chi connectivity index (χ1) is 22.0. The zero-order valence-electron chi connectivity index (χ0n) is 28.9. The van der Waals surface area contributed by atoms with E-state index in [0.29, 0.717) is 12.8 Å². The highest BCUT2D eigenvalue weighted by atomic mass is 33.1. The quantitative estimate of drug-likeness (QED) is 0.0471. The van der Waals surface area contributed by atoms with E-state index >= 15 is 0 Å². The van der Waals surface area contributed by atoms with Crippen molar-refractivity contribution in [3.63, 3.8) is 0 Å². The highest BCUT2D eigenvalue weighted by molar-refractivity contribution is 8.76. The molecule has 22 heteroatoms. The second-order valence-electron chi connectivity index (χ2n) is 12.9. The molecule has 0 bridgehead atoms. The minimum atomic E-state index is -4.56. The van der Waals surface area contributed by atoms with Crippen molar-refractivity contribution in [2.24, 2.45) is 10.8 Å². The summed E-state index contributed by atoms with van der Waals surface area (Å²) in [6.07, 6.45) is 6.38. The highest BCUT2D eigenvalue weighted by Gasteiger charge is 2.19. The third-order valence-corrected chi connectivity index (χ3v) is 11.8. The zero-order chi connectivity index (χ0) is 36.8. The Morgan fingerprint density at radius 2 is 0.646 bits per heavy atom. The van der Waals surface area contributed by atoms with Gasteiger partial charge in [-0.25, -0.2) is 0 Å². The number of hydrogen-bond donors (Lipinski definition) is 0. The molecule has 0 saturated carbocycles. The Morgan fingerprint density at radius 1 is 0.396 bits per heavy atom. The van der Waals surface area contributed by atoms with Crippen LogP contribution in [0.1, 0.15) is 92.9 Å². The molecule has 0 aromatic rings. The van der Waals surface area contributed by atoms with Gasteiger partial charge in [-0.05, 0) is 36.5 Å². The van der Waals surface area contributed by atoms with Crippen molar-refractivity contribution in [2.75, 3.05) is 64.4 Å². The molecule has 16 nitrogen and oxygen atoms in total. The van der Waals surface area contributed by atoms with E-state index in [1.807, 2.05) is 0 Å². The van der Waals surface area contributed by atoms with Crippen LogP contribution in [0.2, 0.25) is 0 Å². The van der Waals surface area contributed by atoms with Crippen molar-refractivity contribution < 1.29 is 74.0 Å². The van der Waals surface area contributed by atoms with Gasteiger partial charge in [0.2, 0.25) is 0 Å². The monoisotopic (exact) mass is 810 g/mol. The molecule has 0 aliphatic carbocycles. The molecule has 0 aromatic carbocycles. The summed E-state index contributed by atoms with van der Waals surface area (Å²) in [7, 11) is -14.7. The zero-order valence-corrected chi connectivity index (χ0v) is 34.1. The summed E-state index contributed by atoms with van der Waals surface area (Å²) in [6.45, 7) is 8.50. The van der Waals surface area contributed by atoms with Gasteiger partial charge < -0.3 is 55.8 Å². The van der Waals surface area contributed by atoms with Gasteiger partial charge in [-0.3, -0.25) is 18.3 Å². The Hall–Kier alpha value is 1.14. The van der Waals surface area contributed by atoms with Crippen molar-refractivity contribution in [2.45, 2.75) is 92.9 Å². The summed E-state index contributed by atoms with van der Waals surface area (Å²) in [5.74, 6) is 1.90.